The van der Waals surface area contributed by atoms with Gasteiger partial charge in [-0.05, 0) is 41.8 Å². The number of hydrogen-bond acceptors (Lipinski definition) is 1. The molecule has 2 aromatic carbocycles. The van der Waals surface area contributed by atoms with Crippen LogP contribution in [-0.4, -0.2) is 4.98 Å². The molecule has 23 heavy (non-hydrogen) atoms. The monoisotopic (exact) mass is 340 g/mol. The first kappa shape index (κ1) is 16.0. The second-order valence-corrected chi connectivity index (χ2v) is 6.30. The van der Waals surface area contributed by atoms with E-state index in [0.29, 0.717) is 11.4 Å². The van der Waals surface area contributed by atoms with E-state index in [4.69, 9.17) is 23.2 Å². The lowest BCUT2D eigenvalue weighted by Gasteiger charge is -2.07. The third-order valence-electron chi connectivity index (χ3n) is 3.65. The zero-order valence-corrected chi connectivity index (χ0v) is 14.1. The summed E-state index contributed by atoms with van der Waals surface area (Å²) < 4.78 is 0. The van der Waals surface area contributed by atoms with Crippen LogP contribution in [0.4, 0.5) is 0 Å². The smallest absolute Gasteiger partial charge is 0.0724 e. The summed E-state index contributed by atoms with van der Waals surface area (Å²) in [5.74, 6) is 0. The van der Waals surface area contributed by atoms with Crippen LogP contribution < -0.4 is 0 Å². The molecule has 1 nitrogen and oxygen atoms in total. The minimum atomic E-state index is -0.0516. The summed E-state index contributed by atoms with van der Waals surface area (Å²) in [5, 5.41) is 1.72. The lowest BCUT2D eigenvalue weighted by Crippen LogP contribution is -1.88. The molecule has 0 aliphatic rings. The summed E-state index contributed by atoms with van der Waals surface area (Å²) >= 11 is 12.3. The van der Waals surface area contributed by atoms with Crippen molar-refractivity contribution in [3.8, 4) is 0 Å². The molecule has 3 aromatic rings. The van der Waals surface area contributed by atoms with Crippen LogP contribution in [0.5, 0.6) is 0 Å². The highest BCUT2D eigenvalue weighted by Crippen LogP contribution is 2.25. The number of fused-ring (bicyclic) bond motifs is 1. The molecule has 3 rings (SSSR count). The highest BCUT2D eigenvalue weighted by atomic mass is 35.5. The molecule has 0 N–H and O–H groups in total. The fourth-order valence-electron chi connectivity index (χ4n) is 2.40. The van der Waals surface area contributed by atoms with Gasteiger partial charge in [0.05, 0.1) is 16.6 Å². The first-order valence-corrected chi connectivity index (χ1v) is 8.25. The van der Waals surface area contributed by atoms with E-state index in [9.17, 15) is 0 Å². The first-order chi connectivity index (χ1) is 11.2. The van der Waals surface area contributed by atoms with Crippen LogP contribution in [0.15, 0.2) is 54.6 Å². The number of benzene rings is 2. The van der Waals surface area contributed by atoms with Crippen molar-refractivity contribution in [3.63, 3.8) is 0 Å². The Morgan fingerprint density at radius 1 is 1.04 bits per heavy atom. The van der Waals surface area contributed by atoms with Gasteiger partial charge in [0.1, 0.15) is 0 Å². The van der Waals surface area contributed by atoms with Crippen LogP contribution in [0.1, 0.15) is 28.6 Å². The Kier molecular flexibility index (Phi) is 5.00. The molecular weight excluding hydrogens is 325 g/mol. The van der Waals surface area contributed by atoms with Crippen molar-refractivity contribution in [1.29, 1.82) is 0 Å². The quantitative estimate of drug-likeness (QED) is 0.490. The standard InChI is InChI=1S/C20H16Cl2N/c1-2-19(22)16-5-3-4-14(12-16)6-10-18-11-8-15-7-9-17(21)13-20(15)23-18/h3-13,19H,1-2H2/b10-6+/t19-/m0/s1. The van der Waals surface area contributed by atoms with Crippen molar-refractivity contribution >= 4 is 46.3 Å². The van der Waals surface area contributed by atoms with Crippen molar-refractivity contribution < 1.29 is 0 Å². The predicted octanol–water partition coefficient (Wildman–Crippen LogP) is 6.56. The molecule has 1 heterocycles. The molecule has 115 valence electrons. The summed E-state index contributed by atoms with van der Waals surface area (Å²) in [6.45, 7) is 3.85. The summed E-state index contributed by atoms with van der Waals surface area (Å²) in [6.07, 6.45) is 4.70. The van der Waals surface area contributed by atoms with E-state index >= 15 is 0 Å². The van der Waals surface area contributed by atoms with Crippen molar-refractivity contribution in [3.05, 3.63) is 83.4 Å². The Bertz CT molecular complexity index is 855. The van der Waals surface area contributed by atoms with Crippen LogP contribution in [0.25, 0.3) is 23.1 Å². The van der Waals surface area contributed by atoms with Crippen molar-refractivity contribution in [2.75, 3.05) is 0 Å². The number of rotatable bonds is 4. The van der Waals surface area contributed by atoms with Gasteiger partial charge in [-0.1, -0.05) is 61.0 Å². The van der Waals surface area contributed by atoms with E-state index in [1.54, 1.807) is 0 Å². The summed E-state index contributed by atoms with van der Waals surface area (Å²) in [7, 11) is 0. The van der Waals surface area contributed by atoms with E-state index in [-0.39, 0.29) is 5.38 Å². The lowest BCUT2D eigenvalue weighted by atomic mass is 10.1. The molecule has 1 atom stereocenters. The van der Waals surface area contributed by atoms with Gasteiger partial charge in [-0.15, -0.1) is 11.6 Å². The molecule has 0 saturated carbocycles. The minimum Gasteiger partial charge on any atom is -0.248 e. The molecule has 0 aliphatic heterocycles. The third-order valence-corrected chi connectivity index (χ3v) is 4.35. The zero-order chi connectivity index (χ0) is 16.2. The highest BCUT2D eigenvalue weighted by Gasteiger charge is 2.04. The lowest BCUT2D eigenvalue weighted by molar-refractivity contribution is 0.954. The molecule has 0 fully saturated rings. The van der Waals surface area contributed by atoms with Gasteiger partial charge in [-0.2, -0.15) is 0 Å². The highest BCUT2D eigenvalue weighted by molar-refractivity contribution is 6.31. The van der Waals surface area contributed by atoms with E-state index in [2.05, 4.69) is 18.0 Å². The molecule has 0 amide bonds. The van der Waals surface area contributed by atoms with Crippen LogP contribution in [0, 0.1) is 6.92 Å². The van der Waals surface area contributed by atoms with Gasteiger partial charge in [-0.25, -0.2) is 4.98 Å². The van der Waals surface area contributed by atoms with Gasteiger partial charge in [0.2, 0.25) is 0 Å². The Morgan fingerprint density at radius 3 is 2.70 bits per heavy atom. The molecule has 0 saturated heterocycles. The topological polar surface area (TPSA) is 12.9 Å². The molecule has 0 bridgehead atoms. The van der Waals surface area contributed by atoms with Gasteiger partial charge in [0.25, 0.3) is 0 Å². The zero-order valence-electron chi connectivity index (χ0n) is 12.5. The van der Waals surface area contributed by atoms with Gasteiger partial charge >= 0.3 is 0 Å². The second-order valence-electron chi connectivity index (χ2n) is 5.33. The largest absolute Gasteiger partial charge is 0.248 e. The second kappa shape index (κ2) is 7.16. The van der Waals surface area contributed by atoms with Crippen molar-refractivity contribution in [2.24, 2.45) is 0 Å². The maximum Gasteiger partial charge on any atom is 0.0724 e. The van der Waals surface area contributed by atoms with Crippen LogP contribution in [-0.2, 0) is 0 Å². The first-order valence-electron chi connectivity index (χ1n) is 7.43. The van der Waals surface area contributed by atoms with Crippen LogP contribution in [0.3, 0.4) is 0 Å². The average Bonchev–Trinajstić information content (AvgIpc) is 2.59. The Labute approximate surface area is 146 Å². The molecule has 1 radical (unpaired) electrons. The van der Waals surface area contributed by atoms with E-state index in [1.165, 1.54) is 0 Å². The fourth-order valence-corrected chi connectivity index (χ4v) is 2.71. The molecule has 0 spiro atoms. The molecule has 0 aliphatic carbocycles. The van der Waals surface area contributed by atoms with Crippen molar-refractivity contribution in [1.82, 2.24) is 4.98 Å². The maximum atomic E-state index is 6.25. The van der Waals surface area contributed by atoms with E-state index in [1.807, 2.05) is 60.7 Å². The van der Waals surface area contributed by atoms with E-state index < -0.39 is 0 Å². The van der Waals surface area contributed by atoms with Gasteiger partial charge < -0.3 is 0 Å². The maximum absolute atomic E-state index is 6.25. The normalized spacial score (nSPS) is 12.8. The van der Waals surface area contributed by atoms with E-state index in [0.717, 1.165) is 27.7 Å². The Morgan fingerprint density at radius 2 is 1.87 bits per heavy atom. The Balaban J connectivity index is 1.87. The minimum absolute atomic E-state index is 0.0516. The molecule has 3 heteroatoms. The number of halogens is 2. The summed E-state index contributed by atoms with van der Waals surface area (Å²) in [4.78, 5) is 4.62. The average molecular weight is 341 g/mol. The number of alkyl halides is 1. The van der Waals surface area contributed by atoms with Gasteiger partial charge in [0, 0.05) is 10.4 Å². The fraction of sp³-hybridized carbons (Fsp3) is 0.100. The summed E-state index contributed by atoms with van der Waals surface area (Å²) in [5.41, 5.74) is 3.97. The third kappa shape index (κ3) is 3.93. The van der Waals surface area contributed by atoms with Gasteiger partial charge in [0.15, 0.2) is 0 Å². The van der Waals surface area contributed by atoms with Crippen LogP contribution >= 0.6 is 23.2 Å². The Hall–Kier alpha value is -1.83. The number of nitrogens with zero attached hydrogens (tertiary/aromatic N) is 1. The summed E-state index contributed by atoms with van der Waals surface area (Å²) in [6, 6.07) is 17.9. The molecule has 0 unspecified atom stereocenters. The predicted molar refractivity (Wildman–Crippen MR) is 101 cm³/mol. The SMILES string of the molecule is [CH2]C[C@H](Cl)c1cccc(/C=C/c2ccc3ccc(Cl)cc3n2)c1. The molecule has 1 aromatic heterocycles. The number of hydrogen-bond donors (Lipinski definition) is 0. The molecular formula is C20H16Cl2N. The number of pyridine rings is 1. The van der Waals surface area contributed by atoms with Gasteiger partial charge in [-0.3, -0.25) is 0 Å². The number of aromatic nitrogens is 1. The van der Waals surface area contributed by atoms with Crippen molar-refractivity contribution in [2.45, 2.75) is 11.8 Å². The van der Waals surface area contributed by atoms with Crippen LogP contribution in [0.2, 0.25) is 5.02 Å².